The SMILES string of the molecule is COc1ccccc1CNC1c2cc3c(cc2C(c2cc(OC)c(OC)c(OC)c2)C2C(=O)OCC12)OCO3. The lowest BCUT2D eigenvalue weighted by molar-refractivity contribution is -0.141. The van der Waals surface area contributed by atoms with Crippen molar-refractivity contribution >= 4 is 5.97 Å². The molecule has 3 aromatic rings. The summed E-state index contributed by atoms with van der Waals surface area (Å²) in [5.74, 6) is 2.56. The Labute approximate surface area is 226 Å². The van der Waals surface area contributed by atoms with Crippen LogP contribution in [0.3, 0.4) is 0 Å². The number of hydrogen-bond donors (Lipinski definition) is 1. The third-order valence-electron chi connectivity index (χ3n) is 7.94. The maximum absolute atomic E-state index is 13.4. The molecule has 4 unspecified atom stereocenters. The number of carbonyl (C=O) groups excluding carboxylic acids is 1. The van der Waals surface area contributed by atoms with Crippen LogP contribution in [0, 0.1) is 11.8 Å². The predicted molar refractivity (Wildman–Crippen MR) is 141 cm³/mol. The number of para-hydroxylation sites is 1. The van der Waals surface area contributed by atoms with E-state index in [2.05, 4.69) is 5.32 Å². The number of esters is 1. The van der Waals surface area contributed by atoms with E-state index >= 15 is 0 Å². The molecule has 39 heavy (non-hydrogen) atoms. The molecule has 4 atom stereocenters. The minimum Gasteiger partial charge on any atom is -0.496 e. The number of nitrogens with one attached hydrogen (secondary N) is 1. The second-order valence-electron chi connectivity index (χ2n) is 9.76. The van der Waals surface area contributed by atoms with E-state index in [1.165, 1.54) is 0 Å². The van der Waals surface area contributed by atoms with Gasteiger partial charge in [-0.1, -0.05) is 18.2 Å². The summed E-state index contributed by atoms with van der Waals surface area (Å²) in [5, 5.41) is 3.71. The van der Waals surface area contributed by atoms with Crippen LogP contribution >= 0.6 is 0 Å². The van der Waals surface area contributed by atoms with Gasteiger partial charge in [0.15, 0.2) is 23.0 Å². The van der Waals surface area contributed by atoms with Crippen LogP contribution in [-0.4, -0.2) is 47.8 Å². The van der Waals surface area contributed by atoms with Crippen LogP contribution in [0.2, 0.25) is 0 Å². The Morgan fingerprint density at radius 1 is 0.821 bits per heavy atom. The van der Waals surface area contributed by atoms with Gasteiger partial charge in [-0.3, -0.25) is 4.79 Å². The number of carbonyl (C=O) groups is 1. The fraction of sp³-hybridized carbons (Fsp3) is 0.367. The first-order valence-corrected chi connectivity index (χ1v) is 12.8. The van der Waals surface area contributed by atoms with E-state index in [1.54, 1.807) is 28.4 Å². The quantitative estimate of drug-likeness (QED) is 0.427. The van der Waals surface area contributed by atoms with Crippen LogP contribution < -0.4 is 33.7 Å². The zero-order valence-electron chi connectivity index (χ0n) is 22.3. The predicted octanol–water partition coefficient (Wildman–Crippen LogP) is 4.22. The van der Waals surface area contributed by atoms with Gasteiger partial charge in [0.2, 0.25) is 12.5 Å². The topological polar surface area (TPSA) is 93.7 Å². The van der Waals surface area contributed by atoms with E-state index in [-0.39, 0.29) is 30.6 Å². The second-order valence-corrected chi connectivity index (χ2v) is 9.76. The molecule has 9 heteroatoms. The van der Waals surface area contributed by atoms with E-state index in [1.807, 2.05) is 48.5 Å². The molecule has 204 valence electrons. The number of cyclic esters (lactones) is 1. The lowest BCUT2D eigenvalue weighted by Gasteiger charge is -2.39. The number of ether oxygens (including phenoxy) is 7. The highest BCUT2D eigenvalue weighted by atomic mass is 16.7. The number of rotatable bonds is 8. The molecule has 6 rings (SSSR count). The van der Waals surface area contributed by atoms with Gasteiger partial charge in [0, 0.05) is 30.0 Å². The lowest BCUT2D eigenvalue weighted by atomic mass is 9.65. The summed E-state index contributed by atoms with van der Waals surface area (Å²) in [7, 11) is 6.40. The normalized spacial score (nSPS) is 22.5. The molecule has 3 aromatic carbocycles. The van der Waals surface area contributed by atoms with Crippen molar-refractivity contribution in [2.45, 2.75) is 18.5 Å². The van der Waals surface area contributed by atoms with Crippen molar-refractivity contribution in [3.8, 4) is 34.5 Å². The lowest BCUT2D eigenvalue weighted by Crippen LogP contribution is -2.40. The van der Waals surface area contributed by atoms with E-state index < -0.39 is 5.92 Å². The monoisotopic (exact) mass is 533 g/mol. The van der Waals surface area contributed by atoms with E-state index in [0.717, 1.165) is 28.0 Å². The molecule has 0 spiro atoms. The molecule has 3 aliphatic rings. The summed E-state index contributed by atoms with van der Waals surface area (Å²) in [5.41, 5.74) is 3.89. The van der Waals surface area contributed by atoms with Crippen LogP contribution in [0.5, 0.6) is 34.5 Å². The third-order valence-corrected chi connectivity index (χ3v) is 7.94. The molecule has 1 aliphatic carbocycles. The van der Waals surface area contributed by atoms with Crippen molar-refractivity contribution in [2.75, 3.05) is 41.8 Å². The Morgan fingerprint density at radius 2 is 1.49 bits per heavy atom. The highest BCUT2D eigenvalue weighted by Gasteiger charge is 2.52. The maximum atomic E-state index is 13.4. The highest BCUT2D eigenvalue weighted by molar-refractivity contribution is 5.79. The molecule has 0 aromatic heterocycles. The summed E-state index contributed by atoms with van der Waals surface area (Å²) in [6, 6.07) is 15.6. The zero-order chi connectivity index (χ0) is 27.1. The van der Waals surface area contributed by atoms with Crippen molar-refractivity contribution in [1.82, 2.24) is 5.32 Å². The zero-order valence-corrected chi connectivity index (χ0v) is 22.3. The van der Waals surface area contributed by atoms with Crippen LogP contribution in [0.25, 0.3) is 0 Å². The average molecular weight is 534 g/mol. The van der Waals surface area contributed by atoms with Crippen molar-refractivity contribution < 1.29 is 38.0 Å². The Kier molecular flexibility index (Phi) is 6.60. The maximum Gasteiger partial charge on any atom is 0.310 e. The van der Waals surface area contributed by atoms with Gasteiger partial charge in [0.25, 0.3) is 0 Å². The number of hydrogen-bond acceptors (Lipinski definition) is 9. The molecule has 0 radical (unpaired) electrons. The first-order chi connectivity index (χ1) is 19.1. The number of benzene rings is 3. The fourth-order valence-corrected chi connectivity index (χ4v) is 6.17. The van der Waals surface area contributed by atoms with Gasteiger partial charge in [-0.05, 0) is 47.0 Å². The summed E-state index contributed by atoms with van der Waals surface area (Å²) in [6.07, 6.45) is 0. The smallest absolute Gasteiger partial charge is 0.310 e. The van der Waals surface area contributed by atoms with Crippen LogP contribution in [0.15, 0.2) is 48.5 Å². The Hall–Kier alpha value is -4.11. The second kappa shape index (κ2) is 10.2. The van der Waals surface area contributed by atoms with E-state index in [0.29, 0.717) is 41.9 Å². The van der Waals surface area contributed by atoms with Crippen molar-refractivity contribution in [2.24, 2.45) is 11.8 Å². The van der Waals surface area contributed by atoms with Crippen LogP contribution in [0.4, 0.5) is 0 Å². The molecule has 1 saturated heterocycles. The Bertz CT molecular complexity index is 1380. The van der Waals surface area contributed by atoms with Gasteiger partial charge in [-0.2, -0.15) is 0 Å². The molecular weight excluding hydrogens is 502 g/mol. The minimum atomic E-state index is -0.434. The summed E-state index contributed by atoms with van der Waals surface area (Å²) in [6.45, 7) is 1.01. The fourth-order valence-electron chi connectivity index (χ4n) is 6.17. The van der Waals surface area contributed by atoms with Crippen molar-refractivity contribution in [3.05, 3.63) is 70.8 Å². The molecule has 0 saturated carbocycles. The average Bonchev–Trinajstić information content (AvgIpc) is 3.59. The van der Waals surface area contributed by atoms with Crippen molar-refractivity contribution in [1.29, 1.82) is 0 Å². The van der Waals surface area contributed by atoms with Gasteiger partial charge in [-0.25, -0.2) is 0 Å². The summed E-state index contributed by atoms with van der Waals surface area (Å²) >= 11 is 0. The number of methoxy groups -OCH3 is 4. The first-order valence-electron chi connectivity index (χ1n) is 12.8. The first kappa shape index (κ1) is 25.2. The van der Waals surface area contributed by atoms with Gasteiger partial charge < -0.3 is 38.5 Å². The molecule has 1 N–H and O–H groups in total. The molecule has 1 fully saturated rings. The molecular formula is C30H31NO8. The Balaban J connectivity index is 1.49. The largest absolute Gasteiger partial charge is 0.496 e. The van der Waals surface area contributed by atoms with Gasteiger partial charge in [0.1, 0.15) is 5.75 Å². The minimum absolute atomic E-state index is 0.121. The van der Waals surface area contributed by atoms with Crippen LogP contribution in [-0.2, 0) is 16.1 Å². The summed E-state index contributed by atoms with van der Waals surface area (Å²) < 4.78 is 39.7. The molecule has 2 heterocycles. The van der Waals surface area contributed by atoms with Crippen molar-refractivity contribution in [3.63, 3.8) is 0 Å². The Morgan fingerprint density at radius 3 is 2.15 bits per heavy atom. The third kappa shape index (κ3) is 4.17. The van der Waals surface area contributed by atoms with Gasteiger partial charge >= 0.3 is 5.97 Å². The molecule has 0 amide bonds. The van der Waals surface area contributed by atoms with Crippen LogP contribution in [0.1, 0.15) is 34.2 Å². The molecule has 2 aliphatic heterocycles. The van der Waals surface area contributed by atoms with Gasteiger partial charge in [0.05, 0.1) is 41.0 Å². The summed E-state index contributed by atoms with van der Waals surface area (Å²) in [4.78, 5) is 13.4. The molecule has 9 nitrogen and oxygen atoms in total. The molecule has 0 bridgehead atoms. The highest BCUT2D eigenvalue weighted by Crippen LogP contribution is 2.55. The van der Waals surface area contributed by atoms with E-state index in [9.17, 15) is 4.79 Å². The standard InChI is InChI=1S/C30H31NO8/c1-33-21-8-6-5-7-16(21)13-31-28-19-12-23-22(38-15-39-23)11-18(19)26(27-20(28)14-37-30(27)32)17-9-24(34-2)29(36-4)25(10-17)35-3/h5-12,20,26-28,31H,13-15H2,1-4H3. The van der Waals surface area contributed by atoms with Gasteiger partial charge in [-0.15, -0.1) is 0 Å². The number of fused-ring (bicyclic) bond motifs is 3. The van der Waals surface area contributed by atoms with E-state index in [4.69, 9.17) is 33.2 Å².